The molecule has 1 amide bonds. The molecular formula is C16H14Cl3FN2O. The summed E-state index contributed by atoms with van der Waals surface area (Å²) in [7, 11) is 1.78. The van der Waals surface area contributed by atoms with E-state index in [2.05, 4.69) is 5.32 Å². The first-order valence-electron chi connectivity index (χ1n) is 6.72. The predicted octanol–water partition coefficient (Wildman–Crippen LogP) is 4.86. The van der Waals surface area contributed by atoms with Crippen LogP contribution in [0.3, 0.4) is 0 Å². The molecule has 0 aromatic heterocycles. The predicted molar refractivity (Wildman–Crippen MR) is 92.8 cm³/mol. The van der Waals surface area contributed by atoms with Crippen molar-refractivity contribution in [1.29, 1.82) is 0 Å². The second-order valence-electron chi connectivity index (χ2n) is 5.09. The van der Waals surface area contributed by atoms with Gasteiger partial charge >= 0.3 is 0 Å². The summed E-state index contributed by atoms with van der Waals surface area (Å²) in [6, 6.07) is 9.37. The minimum Gasteiger partial charge on any atom is -0.322 e. The highest BCUT2D eigenvalue weighted by molar-refractivity contribution is 6.42. The van der Waals surface area contributed by atoms with Crippen LogP contribution in [-0.2, 0) is 11.3 Å². The first-order chi connectivity index (χ1) is 10.8. The monoisotopic (exact) mass is 374 g/mol. The Labute approximate surface area is 148 Å². The number of benzene rings is 2. The van der Waals surface area contributed by atoms with Crippen LogP contribution >= 0.6 is 34.8 Å². The highest BCUT2D eigenvalue weighted by Crippen LogP contribution is 2.23. The van der Waals surface area contributed by atoms with E-state index in [-0.39, 0.29) is 23.2 Å². The second kappa shape index (κ2) is 7.97. The fourth-order valence-corrected chi connectivity index (χ4v) is 2.51. The van der Waals surface area contributed by atoms with Crippen molar-refractivity contribution in [2.45, 2.75) is 6.54 Å². The van der Waals surface area contributed by atoms with E-state index >= 15 is 0 Å². The largest absolute Gasteiger partial charge is 0.322 e. The van der Waals surface area contributed by atoms with Gasteiger partial charge in [-0.05, 0) is 42.9 Å². The number of hydrogen-bond acceptors (Lipinski definition) is 2. The highest BCUT2D eigenvalue weighted by Gasteiger charge is 2.11. The van der Waals surface area contributed by atoms with Crippen LogP contribution in [0.25, 0.3) is 0 Å². The minimum atomic E-state index is -0.571. The molecule has 0 aliphatic heterocycles. The molecule has 0 bridgehead atoms. The Hall–Kier alpha value is -1.33. The Morgan fingerprint density at radius 2 is 1.87 bits per heavy atom. The van der Waals surface area contributed by atoms with Gasteiger partial charge in [0, 0.05) is 11.6 Å². The highest BCUT2D eigenvalue weighted by atomic mass is 35.5. The summed E-state index contributed by atoms with van der Waals surface area (Å²) >= 11 is 17.5. The topological polar surface area (TPSA) is 32.3 Å². The van der Waals surface area contributed by atoms with Gasteiger partial charge < -0.3 is 5.32 Å². The Kier molecular flexibility index (Phi) is 6.25. The first kappa shape index (κ1) is 18.0. The summed E-state index contributed by atoms with van der Waals surface area (Å²) in [6.45, 7) is 0.607. The summed E-state index contributed by atoms with van der Waals surface area (Å²) in [6.07, 6.45) is 0. The summed E-state index contributed by atoms with van der Waals surface area (Å²) in [4.78, 5) is 13.8. The lowest BCUT2D eigenvalue weighted by Crippen LogP contribution is -2.30. The molecule has 2 aromatic carbocycles. The van der Waals surface area contributed by atoms with Gasteiger partial charge in [0.25, 0.3) is 0 Å². The van der Waals surface area contributed by atoms with Crippen LogP contribution in [0.1, 0.15) is 5.56 Å². The molecule has 0 heterocycles. The van der Waals surface area contributed by atoms with Crippen LogP contribution in [0.15, 0.2) is 36.4 Å². The number of hydrogen-bond donors (Lipinski definition) is 1. The molecule has 0 aliphatic carbocycles. The van der Waals surface area contributed by atoms with Crippen LogP contribution in [0, 0.1) is 5.82 Å². The van der Waals surface area contributed by atoms with Crippen molar-refractivity contribution in [3.05, 3.63) is 62.8 Å². The second-order valence-corrected chi connectivity index (χ2v) is 6.34. The van der Waals surface area contributed by atoms with Gasteiger partial charge in [-0.1, -0.05) is 40.9 Å². The third kappa shape index (κ3) is 5.36. The summed E-state index contributed by atoms with van der Waals surface area (Å²) < 4.78 is 13.6. The lowest BCUT2D eigenvalue weighted by molar-refractivity contribution is -0.117. The molecule has 0 saturated heterocycles. The molecule has 0 atom stereocenters. The summed E-state index contributed by atoms with van der Waals surface area (Å²) in [5.41, 5.74) is 1.02. The number of carbonyl (C=O) groups excluding carboxylic acids is 1. The molecule has 7 heteroatoms. The van der Waals surface area contributed by atoms with Gasteiger partial charge in [0.1, 0.15) is 5.82 Å². The Balaban J connectivity index is 1.92. The molecule has 1 N–H and O–H groups in total. The van der Waals surface area contributed by atoms with Gasteiger partial charge in [-0.15, -0.1) is 0 Å². The van der Waals surface area contributed by atoms with Crippen molar-refractivity contribution < 1.29 is 9.18 Å². The van der Waals surface area contributed by atoms with E-state index in [4.69, 9.17) is 34.8 Å². The maximum absolute atomic E-state index is 13.6. The molecule has 3 nitrogen and oxygen atoms in total. The number of likely N-dealkylation sites (N-methyl/N-ethyl adjacent to an activating group) is 1. The van der Waals surface area contributed by atoms with Crippen LogP contribution < -0.4 is 5.32 Å². The van der Waals surface area contributed by atoms with Crippen LogP contribution in [0.2, 0.25) is 15.1 Å². The van der Waals surface area contributed by atoms with Gasteiger partial charge in [0.2, 0.25) is 5.91 Å². The van der Waals surface area contributed by atoms with E-state index in [0.717, 1.165) is 11.6 Å². The SMILES string of the molecule is CN(CC(=O)Nc1ccc(Cl)cc1F)Cc1ccc(Cl)c(Cl)c1. The van der Waals surface area contributed by atoms with Gasteiger partial charge in [-0.3, -0.25) is 9.69 Å². The molecule has 0 fully saturated rings. The Bertz CT molecular complexity index is 724. The van der Waals surface area contributed by atoms with E-state index in [0.29, 0.717) is 16.6 Å². The van der Waals surface area contributed by atoms with Crippen LogP contribution in [-0.4, -0.2) is 24.4 Å². The number of halogens is 4. The molecule has 122 valence electrons. The van der Waals surface area contributed by atoms with E-state index in [9.17, 15) is 9.18 Å². The summed E-state index contributed by atoms with van der Waals surface area (Å²) in [5.74, 6) is -0.897. The van der Waals surface area contributed by atoms with Crippen molar-refractivity contribution in [3.8, 4) is 0 Å². The number of nitrogens with zero attached hydrogens (tertiary/aromatic N) is 1. The molecule has 0 saturated carbocycles. The summed E-state index contributed by atoms with van der Waals surface area (Å²) in [5, 5.41) is 3.73. The molecule has 23 heavy (non-hydrogen) atoms. The molecule has 2 rings (SSSR count). The third-order valence-electron chi connectivity index (χ3n) is 3.06. The number of rotatable bonds is 5. The van der Waals surface area contributed by atoms with E-state index < -0.39 is 5.82 Å². The molecule has 0 spiro atoms. The average Bonchev–Trinajstić information content (AvgIpc) is 2.46. The van der Waals surface area contributed by atoms with Crippen LogP contribution in [0.4, 0.5) is 10.1 Å². The number of nitrogens with one attached hydrogen (secondary N) is 1. The first-order valence-corrected chi connectivity index (χ1v) is 7.86. The van der Waals surface area contributed by atoms with Gasteiger partial charge in [-0.25, -0.2) is 4.39 Å². The lowest BCUT2D eigenvalue weighted by Gasteiger charge is -2.17. The zero-order valence-corrected chi connectivity index (χ0v) is 14.5. The zero-order valence-electron chi connectivity index (χ0n) is 12.2. The Morgan fingerprint density at radius 1 is 1.13 bits per heavy atom. The van der Waals surface area contributed by atoms with Crippen molar-refractivity contribution in [1.82, 2.24) is 4.90 Å². The van der Waals surface area contributed by atoms with Gasteiger partial charge in [-0.2, -0.15) is 0 Å². The normalized spacial score (nSPS) is 10.9. The van der Waals surface area contributed by atoms with Crippen molar-refractivity contribution in [2.24, 2.45) is 0 Å². The maximum Gasteiger partial charge on any atom is 0.238 e. The molecule has 2 aromatic rings. The van der Waals surface area contributed by atoms with Gasteiger partial charge in [0.15, 0.2) is 0 Å². The standard InChI is InChI=1S/C16H14Cl3FN2O/c1-22(8-10-2-4-12(18)13(19)6-10)9-16(23)21-15-5-3-11(17)7-14(15)20/h2-7H,8-9H2,1H3,(H,21,23). The number of amides is 1. The molecular weight excluding hydrogens is 362 g/mol. The van der Waals surface area contributed by atoms with Crippen molar-refractivity contribution in [3.63, 3.8) is 0 Å². The minimum absolute atomic E-state index is 0.0994. The number of carbonyl (C=O) groups is 1. The molecule has 0 unspecified atom stereocenters. The lowest BCUT2D eigenvalue weighted by atomic mass is 10.2. The van der Waals surface area contributed by atoms with Crippen molar-refractivity contribution in [2.75, 3.05) is 18.9 Å². The smallest absolute Gasteiger partial charge is 0.238 e. The molecule has 0 radical (unpaired) electrons. The molecule has 0 aliphatic rings. The average molecular weight is 376 g/mol. The quantitative estimate of drug-likeness (QED) is 0.809. The van der Waals surface area contributed by atoms with E-state index in [1.165, 1.54) is 12.1 Å². The van der Waals surface area contributed by atoms with E-state index in [1.807, 2.05) is 6.07 Å². The third-order valence-corrected chi connectivity index (χ3v) is 4.03. The Morgan fingerprint density at radius 3 is 2.52 bits per heavy atom. The van der Waals surface area contributed by atoms with E-state index in [1.54, 1.807) is 24.1 Å². The van der Waals surface area contributed by atoms with Crippen molar-refractivity contribution >= 4 is 46.4 Å². The number of anilines is 1. The maximum atomic E-state index is 13.6. The van der Waals surface area contributed by atoms with Gasteiger partial charge in [0.05, 0.1) is 22.3 Å². The fourth-order valence-electron chi connectivity index (χ4n) is 2.03. The fraction of sp³-hybridized carbons (Fsp3) is 0.188. The van der Waals surface area contributed by atoms with Crippen LogP contribution in [0.5, 0.6) is 0 Å². The zero-order chi connectivity index (χ0) is 17.0.